The first-order valence-electron chi connectivity index (χ1n) is 5.04. The lowest BCUT2D eigenvalue weighted by molar-refractivity contribution is 0.0690. The van der Waals surface area contributed by atoms with Crippen molar-refractivity contribution in [2.45, 2.75) is 6.54 Å². The van der Waals surface area contributed by atoms with E-state index in [-0.39, 0.29) is 17.8 Å². The zero-order valence-electron chi connectivity index (χ0n) is 9.16. The van der Waals surface area contributed by atoms with Crippen LogP contribution in [0.3, 0.4) is 0 Å². The smallest absolute Gasteiger partial charge is 0.338 e. The molecule has 0 saturated heterocycles. The Hall–Kier alpha value is -2.70. The van der Waals surface area contributed by atoms with Crippen molar-refractivity contribution in [1.82, 2.24) is 15.5 Å². The van der Waals surface area contributed by atoms with Gasteiger partial charge in [-0.15, -0.1) is 0 Å². The van der Waals surface area contributed by atoms with E-state index in [1.165, 1.54) is 24.6 Å². The van der Waals surface area contributed by atoms with E-state index in [0.717, 1.165) is 0 Å². The molecule has 0 aromatic carbocycles. The SMILES string of the molecule is O=C(O)c1cccnc1C(=O)NCc1ccon1. The molecule has 2 aromatic rings. The maximum absolute atomic E-state index is 11.8. The number of nitrogens with one attached hydrogen (secondary N) is 1. The van der Waals surface area contributed by atoms with E-state index in [9.17, 15) is 9.59 Å². The molecule has 7 nitrogen and oxygen atoms in total. The van der Waals surface area contributed by atoms with Gasteiger partial charge < -0.3 is 14.9 Å². The first-order chi connectivity index (χ1) is 8.68. The molecule has 0 aliphatic rings. The Kier molecular flexibility index (Phi) is 3.33. The van der Waals surface area contributed by atoms with E-state index in [1.54, 1.807) is 6.07 Å². The zero-order valence-corrected chi connectivity index (χ0v) is 9.16. The molecular formula is C11H9N3O4. The van der Waals surface area contributed by atoms with Crippen LogP contribution in [-0.4, -0.2) is 27.1 Å². The molecule has 2 heterocycles. The zero-order chi connectivity index (χ0) is 13.0. The Morgan fingerprint density at radius 1 is 1.39 bits per heavy atom. The second-order valence-corrected chi connectivity index (χ2v) is 3.38. The maximum atomic E-state index is 11.8. The number of carboxylic acids is 1. The number of aromatic carboxylic acids is 1. The minimum Gasteiger partial charge on any atom is -0.478 e. The molecule has 0 spiro atoms. The summed E-state index contributed by atoms with van der Waals surface area (Å²) in [6, 6.07) is 4.37. The third kappa shape index (κ3) is 2.51. The molecule has 0 saturated carbocycles. The van der Waals surface area contributed by atoms with Crippen molar-refractivity contribution in [3.8, 4) is 0 Å². The van der Waals surface area contributed by atoms with E-state index in [4.69, 9.17) is 5.11 Å². The van der Waals surface area contributed by atoms with Crippen LogP contribution in [0, 0.1) is 0 Å². The van der Waals surface area contributed by atoms with Crippen LogP contribution in [-0.2, 0) is 6.54 Å². The first kappa shape index (κ1) is 11.8. The highest BCUT2D eigenvalue weighted by atomic mass is 16.5. The Bertz CT molecular complexity index is 565. The Morgan fingerprint density at radius 3 is 2.89 bits per heavy atom. The van der Waals surface area contributed by atoms with Crippen molar-refractivity contribution in [3.05, 3.63) is 47.6 Å². The van der Waals surface area contributed by atoms with Gasteiger partial charge in [-0.3, -0.25) is 9.78 Å². The lowest BCUT2D eigenvalue weighted by atomic mass is 10.2. The molecular weight excluding hydrogens is 238 g/mol. The van der Waals surface area contributed by atoms with Crippen molar-refractivity contribution in [2.24, 2.45) is 0 Å². The van der Waals surface area contributed by atoms with Crippen LogP contribution in [0.1, 0.15) is 26.5 Å². The number of hydrogen-bond donors (Lipinski definition) is 2. The van der Waals surface area contributed by atoms with Crippen LogP contribution in [0.25, 0.3) is 0 Å². The normalized spacial score (nSPS) is 10.0. The lowest BCUT2D eigenvalue weighted by Gasteiger charge is -2.04. The van der Waals surface area contributed by atoms with E-state index < -0.39 is 11.9 Å². The molecule has 0 radical (unpaired) electrons. The predicted octanol–water partition coefficient (Wildman–Crippen LogP) is 0.698. The molecule has 0 atom stereocenters. The summed E-state index contributed by atoms with van der Waals surface area (Å²) in [4.78, 5) is 26.4. The molecule has 2 rings (SSSR count). The van der Waals surface area contributed by atoms with Crippen LogP contribution >= 0.6 is 0 Å². The fourth-order valence-corrected chi connectivity index (χ4v) is 1.34. The van der Waals surface area contributed by atoms with Gasteiger partial charge in [-0.1, -0.05) is 5.16 Å². The molecule has 92 valence electrons. The summed E-state index contributed by atoms with van der Waals surface area (Å²) in [5.41, 5.74) is 0.264. The minimum atomic E-state index is -1.20. The third-order valence-electron chi connectivity index (χ3n) is 2.17. The number of aromatic nitrogens is 2. The summed E-state index contributed by atoms with van der Waals surface area (Å²) in [7, 11) is 0. The molecule has 1 amide bonds. The maximum Gasteiger partial charge on any atom is 0.338 e. The fraction of sp³-hybridized carbons (Fsp3) is 0.0909. The van der Waals surface area contributed by atoms with Crippen LogP contribution in [0.15, 0.2) is 35.2 Å². The van der Waals surface area contributed by atoms with E-state index in [1.807, 2.05) is 0 Å². The van der Waals surface area contributed by atoms with E-state index >= 15 is 0 Å². The monoisotopic (exact) mass is 247 g/mol. The Labute approximate surface area is 101 Å². The summed E-state index contributed by atoms with van der Waals surface area (Å²) >= 11 is 0. The van der Waals surface area contributed by atoms with Crippen molar-refractivity contribution in [1.29, 1.82) is 0 Å². The van der Waals surface area contributed by atoms with Gasteiger partial charge in [0.25, 0.3) is 5.91 Å². The van der Waals surface area contributed by atoms with Crippen LogP contribution in [0.5, 0.6) is 0 Å². The lowest BCUT2D eigenvalue weighted by Crippen LogP contribution is -2.26. The Balaban J connectivity index is 2.11. The summed E-state index contributed by atoms with van der Waals surface area (Å²) < 4.78 is 4.60. The van der Waals surface area contributed by atoms with Crippen molar-refractivity contribution < 1.29 is 19.2 Å². The summed E-state index contributed by atoms with van der Waals surface area (Å²) in [6.45, 7) is 0.144. The van der Waals surface area contributed by atoms with E-state index in [0.29, 0.717) is 5.69 Å². The van der Waals surface area contributed by atoms with Crippen molar-refractivity contribution >= 4 is 11.9 Å². The number of rotatable bonds is 4. The van der Waals surface area contributed by atoms with Gasteiger partial charge in [0.1, 0.15) is 17.7 Å². The molecule has 18 heavy (non-hydrogen) atoms. The van der Waals surface area contributed by atoms with Crippen LogP contribution < -0.4 is 5.32 Å². The second kappa shape index (κ2) is 5.09. The molecule has 0 aliphatic heterocycles. The number of carbonyl (C=O) groups excluding carboxylic acids is 1. The highest BCUT2D eigenvalue weighted by Gasteiger charge is 2.17. The van der Waals surface area contributed by atoms with Crippen LogP contribution in [0.2, 0.25) is 0 Å². The predicted molar refractivity (Wildman–Crippen MR) is 58.9 cm³/mol. The van der Waals surface area contributed by atoms with Gasteiger partial charge in [0.2, 0.25) is 0 Å². The van der Waals surface area contributed by atoms with Gasteiger partial charge in [0.15, 0.2) is 0 Å². The molecule has 2 N–H and O–H groups in total. The van der Waals surface area contributed by atoms with Gasteiger partial charge in [-0.25, -0.2) is 4.79 Å². The highest BCUT2D eigenvalue weighted by Crippen LogP contribution is 2.05. The van der Waals surface area contributed by atoms with Crippen molar-refractivity contribution in [3.63, 3.8) is 0 Å². The largest absolute Gasteiger partial charge is 0.478 e. The molecule has 0 fully saturated rings. The average molecular weight is 247 g/mol. The second-order valence-electron chi connectivity index (χ2n) is 3.38. The molecule has 0 unspecified atom stereocenters. The number of pyridine rings is 1. The quantitative estimate of drug-likeness (QED) is 0.823. The molecule has 7 heteroatoms. The Morgan fingerprint density at radius 2 is 2.22 bits per heavy atom. The molecule has 2 aromatic heterocycles. The summed E-state index contributed by atoms with van der Waals surface area (Å²) in [5.74, 6) is -1.77. The number of hydrogen-bond acceptors (Lipinski definition) is 5. The average Bonchev–Trinajstić information content (AvgIpc) is 2.89. The number of carbonyl (C=O) groups is 2. The molecule has 0 aliphatic carbocycles. The third-order valence-corrected chi connectivity index (χ3v) is 2.17. The van der Waals surface area contributed by atoms with Gasteiger partial charge in [-0.2, -0.15) is 0 Å². The topological polar surface area (TPSA) is 105 Å². The minimum absolute atomic E-state index is 0.131. The highest BCUT2D eigenvalue weighted by molar-refractivity contribution is 6.03. The van der Waals surface area contributed by atoms with E-state index in [2.05, 4.69) is 20.0 Å². The fourth-order valence-electron chi connectivity index (χ4n) is 1.34. The van der Waals surface area contributed by atoms with Crippen LogP contribution in [0.4, 0.5) is 0 Å². The van der Waals surface area contributed by atoms with Gasteiger partial charge >= 0.3 is 5.97 Å². The van der Waals surface area contributed by atoms with Gasteiger partial charge in [-0.05, 0) is 12.1 Å². The number of carboxylic acid groups (broad SMARTS) is 1. The summed E-state index contributed by atoms with van der Waals surface area (Å²) in [6.07, 6.45) is 2.74. The number of nitrogens with zero attached hydrogens (tertiary/aromatic N) is 2. The molecule has 0 bridgehead atoms. The summed E-state index contributed by atoms with van der Waals surface area (Å²) in [5, 5.41) is 15.0. The number of amides is 1. The van der Waals surface area contributed by atoms with Gasteiger partial charge in [0, 0.05) is 12.3 Å². The first-order valence-corrected chi connectivity index (χ1v) is 5.04. The van der Waals surface area contributed by atoms with Gasteiger partial charge in [0.05, 0.1) is 12.1 Å². The standard InChI is InChI=1S/C11H9N3O4/c15-10(13-6-7-3-5-18-14-7)9-8(11(16)17)2-1-4-12-9/h1-5H,6H2,(H,13,15)(H,16,17). The van der Waals surface area contributed by atoms with Crippen molar-refractivity contribution in [2.75, 3.05) is 0 Å².